The Balaban J connectivity index is 1.84. The summed E-state index contributed by atoms with van der Waals surface area (Å²) < 4.78 is 5.48. The van der Waals surface area contributed by atoms with E-state index >= 15 is 0 Å². The van der Waals surface area contributed by atoms with Gasteiger partial charge < -0.3 is 20.3 Å². The number of urea groups is 1. The van der Waals surface area contributed by atoms with E-state index in [9.17, 15) is 9.59 Å². The molecule has 0 bridgehead atoms. The largest absolute Gasteiger partial charge is 0.375 e. The Morgan fingerprint density at radius 2 is 2.04 bits per heavy atom. The highest BCUT2D eigenvalue weighted by atomic mass is 16.5. The van der Waals surface area contributed by atoms with Crippen molar-refractivity contribution >= 4 is 11.9 Å². The predicted molar refractivity (Wildman–Crippen MR) is 97.2 cm³/mol. The number of nitrogens with one attached hydrogen (secondary N) is 2. The number of methoxy groups -OCH3 is 1. The molecule has 1 aromatic carbocycles. The van der Waals surface area contributed by atoms with Crippen LogP contribution in [0.25, 0.3) is 0 Å². The number of hydrogen-bond donors (Lipinski definition) is 2. The molecule has 2 N–H and O–H groups in total. The van der Waals surface area contributed by atoms with Crippen LogP contribution >= 0.6 is 0 Å². The highest BCUT2D eigenvalue weighted by Crippen LogP contribution is 2.18. The molecule has 2 rings (SSSR count). The van der Waals surface area contributed by atoms with Gasteiger partial charge in [-0.3, -0.25) is 4.79 Å². The van der Waals surface area contributed by atoms with E-state index in [1.807, 2.05) is 37.3 Å². The average molecular weight is 347 g/mol. The first-order valence-corrected chi connectivity index (χ1v) is 9.04. The first-order valence-electron chi connectivity index (χ1n) is 9.04. The van der Waals surface area contributed by atoms with Crippen LogP contribution < -0.4 is 10.6 Å². The van der Waals surface area contributed by atoms with Gasteiger partial charge in [0.05, 0.1) is 12.0 Å². The first kappa shape index (κ1) is 19.2. The molecule has 6 heteroatoms. The Hall–Kier alpha value is -2.08. The van der Waals surface area contributed by atoms with Crippen LogP contribution in [-0.4, -0.2) is 50.1 Å². The fourth-order valence-electron chi connectivity index (χ4n) is 3.06. The maximum atomic E-state index is 12.5. The average Bonchev–Trinajstić information content (AvgIpc) is 2.67. The monoisotopic (exact) mass is 347 g/mol. The molecule has 25 heavy (non-hydrogen) atoms. The van der Waals surface area contributed by atoms with Crippen molar-refractivity contribution in [1.29, 1.82) is 0 Å². The van der Waals surface area contributed by atoms with Gasteiger partial charge in [-0.15, -0.1) is 0 Å². The fraction of sp³-hybridized carbons (Fsp3) is 0.579. The Kier molecular flexibility index (Phi) is 7.73. The van der Waals surface area contributed by atoms with Crippen LogP contribution in [0.4, 0.5) is 4.79 Å². The molecule has 0 aromatic heterocycles. The van der Waals surface area contributed by atoms with Crippen LogP contribution in [0.5, 0.6) is 0 Å². The van der Waals surface area contributed by atoms with Gasteiger partial charge in [-0.2, -0.15) is 0 Å². The van der Waals surface area contributed by atoms with Crippen LogP contribution in [0.3, 0.4) is 0 Å². The minimum atomic E-state index is -0.182. The molecule has 0 radical (unpaired) electrons. The second-order valence-electron chi connectivity index (χ2n) is 6.40. The molecule has 1 aliphatic heterocycles. The lowest BCUT2D eigenvalue weighted by Gasteiger charge is -2.32. The van der Waals surface area contributed by atoms with Crippen LogP contribution in [-0.2, 0) is 9.53 Å². The number of nitrogens with zero attached hydrogens (tertiary/aromatic N) is 1. The number of carbonyl (C=O) groups is 2. The van der Waals surface area contributed by atoms with Crippen molar-refractivity contribution < 1.29 is 14.3 Å². The van der Waals surface area contributed by atoms with E-state index in [2.05, 4.69) is 10.6 Å². The van der Waals surface area contributed by atoms with E-state index in [1.165, 1.54) is 0 Å². The third-order valence-corrected chi connectivity index (χ3v) is 4.52. The lowest BCUT2D eigenvalue weighted by Crippen LogP contribution is -2.49. The Bertz CT molecular complexity index is 550. The molecule has 6 nitrogen and oxygen atoms in total. The molecular formula is C19H29N3O3. The summed E-state index contributed by atoms with van der Waals surface area (Å²) in [5.74, 6) is -0.0585. The minimum absolute atomic E-state index is 0.0541. The summed E-state index contributed by atoms with van der Waals surface area (Å²) in [5, 5.41) is 5.86. The molecule has 1 heterocycles. The quantitative estimate of drug-likeness (QED) is 0.795. The predicted octanol–water partition coefficient (Wildman–Crippen LogP) is 2.32. The van der Waals surface area contributed by atoms with Gasteiger partial charge in [0.2, 0.25) is 5.91 Å². The lowest BCUT2D eigenvalue weighted by atomic mass is 9.97. The maximum absolute atomic E-state index is 12.5. The standard InChI is InChI=1S/C19H29N3O3/c1-3-11-20-18(23)16-10-7-12-22(14-16)19(24)21-13-17(25-2)15-8-5-4-6-9-15/h4-6,8-9,16-17H,3,7,10-14H2,1-2H3,(H,20,23)(H,21,24)/t16-,17-/m0/s1. The Morgan fingerprint density at radius 3 is 2.72 bits per heavy atom. The number of likely N-dealkylation sites (tertiary alicyclic amines) is 1. The molecule has 138 valence electrons. The normalized spacial score (nSPS) is 18.5. The summed E-state index contributed by atoms with van der Waals surface area (Å²) in [6.07, 6.45) is 2.42. The lowest BCUT2D eigenvalue weighted by molar-refractivity contribution is -0.126. The third-order valence-electron chi connectivity index (χ3n) is 4.52. The van der Waals surface area contributed by atoms with E-state index in [0.717, 1.165) is 24.8 Å². The third kappa shape index (κ3) is 5.74. The van der Waals surface area contributed by atoms with Crippen molar-refractivity contribution in [2.45, 2.75) is 32.3 Å². The molecule has 1 aromatic rings. The topological polar surface area (TPSA) is 70.7 Å². The zero-order valence-electron chi connectivity index (χ0n) is 15.2. The molecule has 0 saturated carbocycles. The molecule has 0 spiro atoms. The number of amides is 3. The summed E-state index contributed by atoms with van der Waals surface area (Å²) in [6, 6.07) is 9.68. The van der Waals surface area contributed by atoms with Gasteiger partial charge >= 0.3 is 6.03 Å². The summed E-state index contributed by atoms with van der Waals surface area (Å²) in [5.41, 5.74) is 1.03. The molecule has 3 amide bonds. The second-order valence-corrected chi connectivity index (χ2v) is 6.40. The van der Waals surface area contributed by atoms with E-state index in [4.69, 9.17) is 4.74 Å². The smallest absolute Gasteiger partial charge is 0.317 e. The van der Waals surface area contributed by atoms with Crippen molar-refractivity contribution in [2.75, 3.05) is 33.3 Å². The van der Waals surface area contributed by atoms with Gasteiger partial charge in [-0.05, 0) is 24.8 Å². The van der Waals surface area contributed by atoms with Gasteiger partial charge in [0.25, 0.3) is 0 Å². The molecule has 0 aliphatic carbocycles. The molecule has 0 unspecified atom stereocenters. The van der Waals surface area contributed by atoms with E-state index in [-0.39, 0.29) is 24.0 Å². The SMILES string of the molecule is CCCNC(=O)[C@H]1CCCN(C(=O)NC[C@H](OC)c2ccccc2)C1. The van der Waals surface area contributed by atoms with Crippen LogP contribution in [0.2, 0.25) is 0 Å². The number of ether oxygens (including phenoxy) is 1. The van der Waals surface area contributed by atoms with Gasteiger partial charge in [-0.25, -0.2) is 4.79 Å². The van der Waals surface area contributed by atoms with Crippen molar-refractivity contribution in [3.8, 4) is 0 Å². The van der Waals surface area contributed by atoms with Crippen molar-refractivity contribution in [2.24, 2.45) is 5.92 Å². The summed E-state index contributed by atoms with van der Waals surface area (Å²) in [7, 11) is 1.64. The van der Waals surface area contributed by atoms with Gasteiger partial charge in [0, 0.05) is 33.3 Å². The summed E-state index contributed by atoms with van der Waals surface area (Å²) in [4.78, 5) is 26.3. The fourth-order valence-corrected chi connectivity index (χ4v) is 3.06. The highest BCUT2D eigenvalue weighted by molar-refractivity contribution is 5.80. The van der Waals surface area contributed by atoms with E-state index in [1.54, 1.807) is 12.0 Å². The summed E-state index contributed by atoms with van der Waals surface area (Å²) >= 11 is 0. The number of rotatable bonds is 7. The van der Waals surface area contributed by atoms with Crippen molar-refractivity contribution in [3.63, 3.8) is 0 Å². The Labute approximate surface area is 149 Å². The molecule has 1 saturated heterocycles. The van der Waals surface area contributed by atoms with Gasteiger partial charge in [-0.1, -0.05) is 37.3 Å². The number of hydrogen-bond acceptors (Lipinski definition) is 3. The van der Waals surface area contributed by atoms with Crippen molar-refractivity contribution in [3.05, 3.63) is 35.9 Å². The molecular weight excluding hydrogens is 318 g/mol. The number of benzene rings is 1. The minimum Gasteiger partial charge on any atom is -0.375 e. The van der Waals surface area contributed by atoms with Crippen molar-refractivity contribution in [1.82, 2.24) is 15.5 Å². The maximum Gasteiger partial charge on any atom is 0.317 e. The highest BCUT2D eigenvalue weighted by Gasteiger charge is 2.28. The van der Waals surface area contributed by atoms with E-state index in [0.29, 0.717) is 26.2 Å². The van der Waals surface area contributed by atoms with Crippen LogP contribution in [0.15, 0.2) is 30.3 Å². The van der Waals surface area contributed by atoms with Gasteiger partial charge in [0.1, 0.15) is 0 Å². The van der Waals surface area contributed by atoms with Gasteiger partial charge in [0.15, 0.2) is 0 Å². The van der Waals surface area contributed by atoms with Crippen LogP contribution in [0, 0.1) is 5.92 Å². The van der Waals surface area contributed by atoms with E-state index < -0.39 is 0 Å². The molecule has 2 atom stereocenters. The summed E-state index contributed by atoms with van der Waals surface area (Å²) in [6.45, 7) is 4.28. The first-order chi connectivity index (χ1) is 12.2. The zero-order chi connectivity index (χ0) is 18.1. The molecule has 1 aliphatic rings. The molecule has 1 fully saturated rings. The Morgan fingerprint density at radius 1 is 1.28 bits per heavy atom. The zero-order valence-corrected chi connectivity index (χ0v) is 15.2. The van der Waals surface area contributed by atoms with Crippen LogP contribution in [0.1, 0.15) is 37.9 Å². The number of carbonyl (C=O) groups excluding carboxylic acids is 2. The second kappa shape index (κ2) is 10.0. The number of piperidine rings is 1.